The summed E-state index contributed by atoms with van der Waals surface area (Å²) in [6.07, 6.45) is 1.68. The number of pyridine rings is 1. The maximum absolute atomic E-state index is 9.33. The standard InChI is InChI=1S/C8H9N3O/c1-5-7(12)3-6-4-9-11(2)8(6)10-5/h3-4,12H,1-2H3. The van der Waals surface area contributed by atoms with Gasteiger partial charge < -0.3 is 5.11 Å². The number of aryl methyl sites for hydroxylation is 2. The van der Waals surface area contributed by atoms with Crippen molar-refractivity contribution in [3.63, 3.8) is 0 Å². The zero-order chi connectivity index (χ0) is 8.72. The van der Waals surface area contributed by atoms with Crippen molar-refractivity contribution in [2.45, 2.75) is 6.92 Å². The Hall–Kier alpha value is -1.58. The van der Waals surface area contributed by atoms with E-state index < -0.39 is 0 Å². The summed E-state index contributed by atoms with van der Waals surface area (Å²) in [5.74, 6) is 0.218. The molecule has 4 heteroatoms. The van der Waals surface area contributed by atoms with Crippen LogP contribution in [0.25, 0.3) is 11.0 Å². The molecule has 0 fully saturated rings. The number of rotatable bonds is 0. The van der Waals surface area contributed by atoms with Crippen molar-refractivity contribution in [3.05, 3.63) is 18.0 Å². The first kappa shape index (κ1) is 7.09. The molecule has 62 valence electrons. The summed E-state index contributed by atoms with van der Waals surface area (Å²) in [4.78, 5) is 4.19. The maximum Gasteiger partial charge on any atom is 0.158 e. The number of hydrogen-bond acceptors (Lipinski definition) is 3. The second-order valence-electron chi connectivity index (χ2n) is 2.77. The average Bonchev–Trinajstić information content (AvgIpc) is 2.35. The topological polar surface area (TPSA) is 50.9 Å². The van der Waals surface area contributed by atoms with Crippen LogP contribution in [0.3, 0.4) is 0 Å². The van der Waals surface area contributed by atoms with Crippen molar-refractivity contribution in [3.8, 4) is 5.75 Å². The predicted molar refractivity (Wildman–Crippen MR) is 44.9 cm³/mol. The van der Waals surface area contributed by atoms with Gasteiger partial charge in [0.25, 0.3) is 0 Å². The molecule has 0 saturated carbocycles. The van der Waals surface area contributed by atoms with Crippen LogP contribution in [0.4, 0.5) is 0 Å². The van der Waals surface area contributed by atoms with E-state index in [0.29, 0.717) is 5.69 Å². The zero-order valence-electron chi connectivity index (χ0n) is 6.94. The smallest absolute Gasteiger partial charge is 0.158 e. The van der Waals surface area contributed by atoms with E-state index >= 15 is 0 Å². The fourth-order valence-electron chi connectivity index (χ4n) is 1.15. The van der Waals surface area contributed by atoms with Gasteiger partial charge in [0.05, 0.1) is 11.9 Å². The van der Waals surface area contributed by atoms with E-state index in [1.165, 1.54) is 0 Å². The largest absolute Gasteiger partial charge is 0.506 e. The van der Waals surface area contributed by atoms with Crippen LogP contribution in [-0.2, 0) is 7.05 Å². The van der Waals surface area contributed by atoms with Crippen LogP contribution in [0, 0.1) is 6.92 Å². The summed E-state index contributed by atoms with van der Waals surface area (Å²) in [6.45, 7) is 1.77. The zero-order valence-corrected chi connectivity index (χ0v) is 6.94. The first-order valence-corrected chi connectivity index (χ1v) is 3.67. The number of aromatic hydroxyl groups is 1. The fourth-order valence-corrected chi connectivity index (χ4v) is 1.15. The summed E-state index contributed by atoms with van der Waals surface area (Å²) in [5.41, 5.74) is 1.43. The van der Waals surface area contributed by atoms with Crippen molar-refractivity contribution < 1.29 is 5.11 Å². The lowest BCUT2D eigenvalue weighted by atomic mass is 10.3. The Morgan fingerprint density at radius 2 is 2.25 bits per heavy atom. The third kappa shape index (κ3) is 0.845. The monoisotopic (exact) mass is 163 g/mol. The highest BCUT2D eigenvalue weighted by Gasteiger charge is 2.04. The molecule has 0 aliphatic heterocycles. The Morgan fingerprint density at radius 3 is 3.00 bits per heavy atom. The van der Waals surface area contributed by atoms with E-state index in [4.69, 9.17) is 0 Å². The number of nitrogens with zero attached hydrogens (tertiary/aromatic N) is 3. The molecule has 0 saturated heterocycles. The van der Waals surface area contributed by atoms with E-state index in [1.54, 1.807) is 23.9 Å². The minimum atomic E-state index is 0.218. The van der Waals surface area contributed by atoms with Crippen LogP contribution in [0.15, 0.2) is 12.3 Å². The molecule has 0 amide bonds. The molecule has 2 rings (SSSR count). The molecule has 2 aromatic heterocycles. The van der Waals surface area contributed by atoms with Crippen LogP contribution in [0.5, 0.6) is 5.75 Å². The van der Waals surface area contributed by atoms with E-state index in [9.17, 15) is 5.11 Å². The molecule has 0 radical (unpaired) electrons. The second kappa shape index (κ2) is 2.20. The van der Waals surface area contributed by atoms with Crippen LogP contribution in [0.1, 0.15) is 5.69 Å². The van der Waals surface area contributed by atoms with Gasteiger partial charge in [-0.15, -0.1) is 0 Å². The Balaban J connectivity index is 2.87. The predicted octanol–water partition coefficient (Wildman–Crippen LogP) is 0.982. The third-order valence-corrected chi connectivity index (χ3v) is 1.87. The van der Waals surface area contributed by atoms with Gasteiger partial charge in [0, 0.05) is 12.4 Å². The average molecular weight is 163 g/mol. The van der Waals surface area contributed by atoms with Crippen LogP contribution in [-0.4, -0.2) is 19.9 Å². The first-order valence-electron chi connectivity index (χ1n) is 3.67. The molecule has 0 unspecified atom stereocenters. The molecule has 0 aliphatic carbocycles. The van der Waals surface area contributed by atoms with Crippen molar-refractivity contribution in [2.75, 3.05) is 0 Å². The molecular weight excluding hydrogens is 154 g/mol. The summed E-state index contributed by atoms with van der Waals surface area (Å²) in [7, 11) is 1.83. The van der Waals surface area contributed by atoms with E-state index in [0.717, 1.165) is 11.0 Å². The third-order valence-electron chi connectivity index (χ3n) is 1.87. The number of fused-ring (bicyclic) bond motifs is 1. The molecule has 0 bridgehead atoms. The summed E-state index contributed by atoms with van der Waals surface area (Å²) < 4.78 is 1.68. The van der Waals surface area contributed by atoms with Crippen LogP contribution in [0.2, 0.25) is 0 Å². The summed E-state index contributed by atoms with van der Waals surface area (Å²) in [6, 6.07) is 1.67. The number of hydrogen-bond donors (Lipinski definition) is 1. The van der Waals surface area contributed by atoms with Gasteiger partial charge in [-0.05, 0) is 13.0 Å². The minimum Gasteiger partial charge on any atom is -0.506 e. The van der Waals surface area contributed by atoms with E-state index in [2.05, 4.69) is 10.1 Å². The maximum atomic E-state index is 9.33. The Kier molecular flexibility index (Phi) is 1.30. The van der Waals surface area contributed by atoms with Crippen molar-refractivity contribution in [1.82, 2.24) is 14.8 Å². The van der Waals surface area contributed by atoms with Crippen LogP contribution >= 0.6 is 0 Å². The SMILES string of the molecule is Cc1nc2c(cnn2C)cc1O. The fraction of sp³-hybridized carbons (Fsp3) is 0.250. The molecule has 12 heavy (non-hydrogen) atoms. The summed E-state index contributed by atoms with van der Waals surface area (Å²) in [5, 5.41) is 14.2. The number of aromatic nitrogens is 3. The van der Waals surface area contributed by atoms with Gasteiger partial charge in [-0.25, -0.2) is 4.98 Å². The lowest BCUT2D eigenvalue weighted by Gasteiger charge is -1.97. The van der Waals surface area contributed by atoms with Gasteiger partial charge in [-0.1, -0.05) is 0 Å². The Morgan fingerprint density at radius 1 is 1.50 bits per heavy atom. The van der Waals surface area contributed by atoms with Gasteiger partial charge >= 0.3 is 0 Å². The molecule has 1 N–H and O–H groups in total. The molecule has 0 aliphatic rings. The highest BCUT2D eigenvalue weighted by atomic mass is 16.3. The van der Waals surface area contributed by atoms with Gasteiger partial charge in [-0.2, -0.15) is 5.10 Å². The van der Waals surface area contributed by atoms with Crippen molar-refractivity contribution >= 4 is 11.0 Å². The van der Waals surface area contributed by atoms with E-state index in [1.807, 2.05) is 7.05 Å². The van der Waals surface area contributed by atoms with Crippen molar-refractivity contribution in [1.29, 1.82) is 0 Å². The van der Waals surface area contributed by atoms with Gasteiger partial charge in [0.1, 0.15) is 5.75 Å². The quantitative estimate of drug-likeness (QED) is 0.629. The van der Waals surface area contributed by atoms with Gasteiger partial charge in [0.15, 0.2) is 5.65 Å². The molecular formula is C8H9N3O. The van der Waals surface area contributed by atoms with E-state index in [-0.39, 0.29) is 5.75 Å². The highest BCUT2D eigenvalue weighted by Crippen LogP contribution is 2.19. The first-order chi connectivity index (χ1) is 5.68. The normalized spacial score (nSPS) is 10.8. The molecule has 0 atom stereocenters. The minimum absolute atomic E-state index is 0.218. The lowest BCUT2D eigenvalue weighted by molar-refractivity contribution is 0.469. The Bertz CT molecular complexity index is 433. The molecule has 2 aromatic rings. The molecule has 4 nitrogen and oxygen atoms in total. The molecule has 0 spiro atoms. The summed E-state index contributed by atoms with van der Waals surface area (Å²) >= 11 is 0. The molecule has 0 aromatic carbocycles. The lowest BCUT2D eigenvalue weighted by Crippen LogP contribution is -1.92. The van der Waals surface area contributed by atoms with Gasteiger partial charge in [0.2, 0.25) is 0 Å². The Labute approximate surface area is 69.5 Å². The molecule has 2 heterocycles. The van der Waals surface area contributed by atoms with Crippen molar-refractivity contribution in [2.24, 2.45) is 7.05 Å². The van der Waals surface area contributed by atoms with Gasteiger partial charge in [-0.3, -0.25) is 4.68 Å². The second-order valence-corrected chi connectivity index (χ2v) is 2.77. The van der Waals surface area contributed by atoms with Crippen LogP contribution < -0.4 is 0 Å². The highest BCUT2D eigenvalue weighted by molar-refractivity contribution is 5.76.